The van der Waals surface area contributed by atoms with E-state index < -0.39 is 0 Å². The number of ether oxygens (including phenoxy) is 1. The summed E-state index contributed by atoms with van der Waals surface area (Å²) in [5.74, 6) is -0.0787. The third kappa shape index (κ3) is 3.57. The largest absolute Gasteiger partial charge is 0.497 e. The van der Waals surface area contributed by atoms with E-state index in [4.69, 9.17) is 4.74 Å². The molecule has 0 fully saturated rings. The fraction of sp³-hybridized carbons (Fsp3) is 0.120. The molecule has 5 nitrogen and oxygen atoms in total. The number of benzene rings is 3. The molecular formula is C25H22N2O3. The number of carbonyl (C=O) groups is 2. The van der Waals surface area contributed by atoms with Crippen molar-refractivity contribution in [2.75, 3.05) is 17.3 Å². The zero-order valence-corrected chi connectivity index (χ0v) is 17.1. The summed E-state index contributed by atoms with van der Waals surface area (Å²) in [5.41, 5.74) is 4.64. The Kier molecular flexibility index (Phi) is 5.11. The average Bonchev–Trinajstić information content (AvgIpc) is 2.99. The SMILES string of the molecule is COc1cccc(NC2=C(c3ccc(C)cc3)C(=O)N(c3ccc(C)cc3)C2=O)c1. The highest BCUT2D eigenvalue weighted by molar-refractivity contribution is 6.46. The highest BCUT2D eigenvalue weighted by atomic mass is 16.5. The van der Waals surface area contributed by atoms with Crippen molar-refractivity contribution in [2.24, 2.45) is 0 Å². The van der Waals surface area contributed by atoms with Gasteiger partial charge in [-0.15, -0.1) is 0 Å². The van der Waals surface area contributed by atoms with Gasteiger partial charge in [0.15, 0.2) is 0 Å². The van der Waals surface area contributed by atoms with Gasteiger partial charge in [0.05, 0.1) is 18.4 Å². The average molecular weight is 398 g/mol. The van der Waals surface area contributed by atoms with E-state index in [2.05, 4.69) is 5.32 Å². The van der Waals surface area contributed by atoms with Gasteiger partial charge in [0.1, 0.15) is 11.4 Å². The lowest BCUT2D eigenvalue weighted by atomic mass is 10.0. The first kappa shape index (κ1) is 19.5. The molecule has 0 saturated carbocycles. The van der Waals surface area contributed by atoms with E-state index in [-0.39, 0.29) is 17.5 Å². The van der Waals surface area contributed by atoms with Crippen LogP contribution in [0.4, 0.5) is 11.4 Å². The zero-order chi connectivity index (χ0) is 21.3. The molecule has 5 heteroatoms. The van der Waals surface area contributed by atoms with Crippen molar-refractivity contribution in [1.82, 2.24) is 0 Å². The molecule has 30 heavy (non-hydrogen) atoms. The molecule has 1 heterocycles. The minimum Gasteiger partial charge on any atom is -0.497 e. The highest BCUT2D eigenvalue weighted by Crippen LogP contribution is 2.34. The Morgan fingerprint density at radius 2 is 1.43 bits per heavy atom. The Hall–Kier alpha value is -3.86. The number of hydrogen-bond acceptors (Lipinski definition) is 4. The van der Waals surface area contributed by atoms with Crippen LogP contribution in [0.2, 0.25) is 0 Å². The lowest BCUT2D eigenvalue weighted by Gasteiger charge is -2.15. The molecule has 0 spiro atoms. The van der Waals surface area contributed by atoms with Crippen molar-refractivity contribution in [3.63, 3.8) is 0 Å². The summed E-state index contributed by atoms with van der Waals surface area (Å²) >= 11 is 0. The van der Waals surface area contributed by atoms with Crippen LogP contribution in [0.3, 0.4) is 0 Å². The van der Waals surface area contributed by atoms with Crippen LogP contribution in [0.5, 0.6) is 5.75 Å². The second kappa shape index (κ2) is 7.87. The van der Waals surface area contributed by atoms with Crippen molar-refractivity contribution in [3.8, 4) is 5.75 Å². The summed E-state index contributed by atoms with van der Waals surface area (Å²) in [6, 6.07) is 22.2. The van der Waals surface area contributed by atoms with Crippen molar-refractivity contribution in [1.29, 1.82) is 0 Å². The third-order valence-electron chi connectivity index (χ3n) is 5.06. The van der Waals surface area contributed by atoms with E-state index >= 15 is 0 Å². The predicted molar refractivity (Wildman–Crippen MR) is 118 cm³/mol. The number of hydrogen-bond donors (Lipinski definition) is 1. The number of carbonyl (C=O) groups excluding carboxylic acids is 2. The van der Waals surface area contributed by atoms with Crippen LogP contribution in [0.25, 0.3) is 5.57 Å². The molecule has 4 rings (SSSR count). The molecule has 1 aliphatic rings. The van der Waals surface area contributed by atoms with Crippen LogP contribution in [0.1, 0.15) is 16.7 Å². The zero-order valence-electron chi connectivity index (χ0n) is 17.1. The van der Waals surface area contributed by atoms with Gasteiger partial charge in [0, 0.05) is 11.8 Å². The molecule has 0 unspecified atom stereocenters. The topological polar surface area (TPSA) is 58.6 Å². The number of imide groups is 1. The van der Waals surface area contributed by atoms with Gasteiger partial charge in [-0.25, -0.2) is 4.90 Å². The number of methoxy groups -OCH3 is 1. The van der Waals surface area contributed by atoms with Gasteiger partial charge in [-0.05, 0) is 43.7 Å². The van der Waals surface area contributed by atoms with Crippen LogP contribution in [0.15, 0.2) is 78.5 Å². The van der Waals surface area contributed by atoms with Crippen molar-refractivity contribution < 1.29 is 14.3 Å². The Bertz CT molecular complexity index is 1150. The smallest absolute Gasteiger partial charge is 0.282 e. The standard InChI is InChI=1S/C25H22N2O3/c1-16-7-11-18(12-8-16)22-23(26-19-5-4-6-21(15-19)30-3)25(29)27(24(22)28)20-13-9-17(2)10-14-20/h4-15,26H,1-3H3. The normalized spacial score (nSPS) is 13.8. The van der Waals surface area contributed by atoms with Gasteiger partial charge < -0.3 is 10.1 Å². The van der Waals surface area contributed by atoms with E-state index in [1.54, 1.807) is 25.3 Å². The van der Waals surface area contributed by atoms with E-state index in [0.29, 0.717) is 28.3 Å². The number of aryl methyl sites for hydroxylation is 2. The van der Waals surface area contributed by atoms with E-state index in [1.807, 2.05) is 68.4 Å². The van der Waals surface area contributed by atoms with Crippen LogP contribution >= 0.6 is 0 Å². The maximum atomic E-state index is 13.4. The lowest BCUT2D eigenvalue weighted by molar-refractivity contribution is -0.120. The first-order valence-corrected chi connectivity index (χ1v) is 9.66. The Morgan fingerprint density at radius 3 is 2.07 bits per heavy atom. The number of anilines is 2. The molecule has 0 saturated heterocycles. The molecule has 0 radical (unpaired) electrons. The summed E-state index contributed by atoms with van der Waals surface area (Å²) in [5, 5.41) is 3.16. The number of amides is 2. The molecule has 0 atom stereocenters. The van der Waals surface area contributed by atoms with Crippen molar-refractivity contribution >= 4 is 28.8 Å². The monoisotopic (exact) mass is 398 g/mol. The van der Waals surface area contributed by atoms with Gasteiger partial charge in [-0.1, -0.05) is 53.6 Å². The molecule has 1 aliphatic heterocycles. The van der Waals surface area contributed by atoms with Crippen molar-refractivity contribution in [3.05, 3.63) is 95.2 Å². The van der Waals surface area contributed by atoms with Gasteiger partial charge in [-0.2, -0.15) is 0 Å². The van der Waals surface area contributed by atoms with Crippen LogP contribution < -0.4 is 15.0 Å². The lowest BCUT2D eigenvalue weighted by Crippen LogP contribution is -2.32. The van der Waals surface area contributed by atoms with E-state index in [1.165, 1.54) is 4.90 Å². The van der Waals surface area contributed by atoms with Gasteiger partial charge in [0.2, 0.25) is 0 Å². The highest BCUT2D eigenvalue weighted by Gasteiger charge is 2.40. The summed E-state index contributed by atoms with van der Waals surface area (Å²) in [6.07, 6.45) is 0. The maximum absolute atomic E-state index is 13.4. The predicted octanol–water partition coefficient (Wildman–Crippen LogP) is 4.71. The molecule has 2 amide bonds. The number of nitrogens with zero attached hydrogens (tertiary/aromatic N) is 1. The number of rotatable bonds is 5. The minimum absolute atomic E-state index is 0.248. The van der Waals surface area contributed by atoms with Gasteiger partial charge >= 0.3 is 0 Å². The second-order valence-corrected chi connectivity index (χ2v) is 7.25. The summed E-state index contributed by atoms with van der Waals surface area (Å²) in [4.78, 5) is 28.0. The minimum atomic E-state index is -0.387. The van der Waals surface area contributed by atoms with Crippen molar-refractivity contribution in [2.45, 2.75) is 13.8 Å². The molecular weight excluding hydrogens is 376 g/mol. The fourth-order valence-electron chi connectivity index (χ4n) is 3.41. The first-order valence-electron chi connectivity index (χ1n) is 9.66. The number of nitrogens with one attached hydrogen (secondary N) is 1. The third-order valence-corrected chi connectivity index (χ3v) is 5.06. The summed E-state index contributed by atoms with van der Waals surface area (Å²) < 4.78 is 5.28. The first-order chi connectivity index (χ1) is 14.5. The Morgan fingerprint density at radius 1 is 0.800 bits per heavy atom. The van der Waals surface area contributed by atoms with E-state index in [0.717, 1.165) is 11.1 Å². The van der Waals surface area contributed by atoms with Crippen LogP contribution in [-0.4, -0.2) is 18.9 Å². The van der Waals surface area contributed by atoms with Crippen LogP contribution in [-0.2, 0) is 9.59 Å². The Labute approximate surface area is 175 Å². The molecule has 3 aromatic carbocycles. The second-order valence-electron chi connectivity index (χ2n) is 7.25. The molecule has 150 valence electrons. The molecule has 0 aromatic heterocycles. The maximum Gasteiger partial charge on any atom is 0.282 e. The fourth-order valence-corrected chi connectivity index (χ4v) is 3.41. The van der Waals surface area contributed by atoms with E-state index in [9.17, 15) is 9.59 Å². The summed E-state index contributed by atoms with van der Waals surface area (Å²) in [6.45, 7) is 3.94. The van der Waals surface area contributed by atoms with Gasteiger partial charge in [-0.3, -0.25) is 9.59 Å². The molecule has 0 aliphatic carbocycles. The Balaban J connectivity index is 1.81. The van der Waals surface area contributed by atoms with Crippen LogP contribution in [0, 0.1) is 13.8 Å². The van der Waals surface area contributed by atoms with Gasteiger partial charge in [0.25, 0.3) is 11.8 Å². The molecule has 3 aromatic rings. The quantitative estimate of drug-likeness (QED) is 0.633. The molecule has 1 N–H and O–H groups in total. The molecule has 0 bridgehead atoms. The summed E-state index contributed by atoms with van der Waals surface area (Å²) in [7, 11) is 1.58.